The van der Waals surface area contributed by atoms with Crippen molar-refractivity contribution >= 4 is 22.8 Å². The van der Waals surface area contributed by atoms with Gasteiger partial charge in [0, 0.05) is 22.1 Å². The van der Waals surface area contributed by atoms with Crippen molar-refractivity contribution in [2.45, 2.75) is 26.8 Å². The van der Waals surface area contributed by atoms with E-state index in [0.29, 0.717) is 0 Å². The van der Waals surface area contributed by atoms with Gasteiger partial charge < -0.3 is 5.32 Å². The van der Waals surface area contributed by atoms with Crippen LogP contribution in [0.3, 0.4) is 0 Å². The van der Waals surface area contributed by atoms with Gasteiger partial charge in [-0.3, -0.25) is 4.40 Å². The van der Waals surface area contributed by atoms with Crippen LogP contribution in [0.25, 0.3) is 5.65 Å². The minimum absolute atomic E-state index is 0.290. The first kappa shape index (κ1) is 12.2. The molecule has 1 unspecified atom stereocenters. The van der Waals surface area contributed by atoms with E-state index in [4.69, 9.17) is 0 Å². The van der Waals surface area contributed by atoms with Crippen molar-refractivity contribution in [1.82, 2.24) is 9.38 Å². The molecule has 3 aromatic rings. The molecule has 1 atom stereocenters. The third-order valence-corrected chi connectivity index (χ3v) is 4.32. The van der Waals surface area contributed by atoms with Crippen molar-refractivity contribution in [3.05, 3.63) is 52.0 Å². The zero-order chi connectivity index (χ0) is 13.4. The number of nitrogens with zero attached hydrogens (tertiary/aromatic N) is 2. The zero-order valence-corrected chi connectivity index (χ0v) is 12.2. The van der Waals surface area contributed by atoms with Crippen molar-refractivity contribution in [2.24, 2.45) is 0 Å². The van der Waals surface area contributed by atoms with Crippen LogP contribution in [0.2, 0.25) is 0 Å². The molecule has 0 spiro atoms. The number of nitrogens with one attached hydrogen (secondary N) is 1. The van der Waals surface area contributed by atoms with E-state index in [1.54, 1.807) is 0 Å². The van der Waals surface area contributed by atoms with Crippen molar-refractivity contribution in [3.8, 4) is 0 Å². The van der Waals surface area contributed by atoms with Crippen LogP contribution in [0.4, 0.5) is 5.82 Å². The summed E-state index contributed by atoms with van der Waals surface area (Å²) in [6.45, 7) is 6.54. The van der Waals surface area contributed by atoms with Crippen LogP contribution in [-0.2, 0) is 0 Å². The lowest BCUT2D eigenvalue weighted by Gasteiger charge is -2.16. The number of thiophene rings is 1. The number of imidazole rings is 1. The van der Waals surface area contributed by atoms with Crippen molar-refractivity contribution in [2.75, 3.05) is 5.32 Å². The summed E-state index contributed by atoms with van der Waals surface area (Å²) in [5.41, 5.74) is 2.34. The van der Waals surface area contributed by atoms with E-state index in [-0.39, 0.29) is 6.04 Å². The largest absolute Gasteiger partial charge is 0.365 e. The molecule has 0 radical (unpaired) electrons. The SMILES string of the molecule is Cc1cc(C(C)Nc2cccc3nccn23)c(C)s1. The van der Waals surface area contributed by atoms with Crippen molar-refractivity contribution in [1.29, 1.82) is 0 Å². The molecule has 0 bridgehead atoms. The molecule has 3 rings (SSSR count). The summed E-state index contributed by atoms with van der Waals surface area (Å²) in [7, 11) is 0. The van der Waals surface area contributed by atoms with Gasteiger partial charge in [0.05, 0.1) is 6.04 Å². The Morgan fingerprint density at radius 2 is 2.16 bits per heavy atom. The van der Waals surface area contributed by atoms with E-state index < -0.39 is 0 Å². The van der Waals surface area contributed by atoms with Crippen LogP contribution in [0.15, 0.2) is 36.7 Å². The standard InChI is InChI=1S/C15H17N3S/c1-10-9-13(12(3)19-10)11(2)17-15-6-4-5-14-16-7-8-18(14)15/h4-9,11,17H,1-3H3. The van der Waals surface area contributed by atoms with Crippen LogP contribution in [0.1, 0.15) is 28.3 Å². The number of fused-ring (bicyclic) bond motifs is 1. The predicted molar refractivity (Wildman–Crippen MR) is 81.0 cm³/mol. The first-order valence-corrected chi connectivity index (χ1v) is 7.22. The van der Waals surface area contributed by atoms with Crippen LogP contribution in [0, 0.1) is 13.8 Å². The first-order valence-electron chi connectivity index (χ1n) is 6.40. The summed E-state index contributed by atoms with van der Waals surface area (Å²) >= 11 is 1.85. The summed E-state index contributed by atoms with van der Waals surface area (Å²) < 4.78 is 2.07. The summed E-state index contributed by atoms with van der Waals surface area (Å²) in [5.74, 6) is 1.07. The Balaban J connectivity index is 1.92. The van der Waals surface area contributed by atoms with Gasteiger partial charge in [-0.2, -0.15) is 0 Å². The number of hydrogen-bond acceptors (Lipinski definition) is 3. The van der Waals surface area contributed by atoms with Gasteiger partial charge in [0.2, 0.25) is 0 Å². The van der Waals surface area contributed by atoms with Gasteiger partial charge >= 0.3 is 0 Å². The summed E-state index contributed by atoms with van der Waals surface area (Å²) in [5, 5.41) is 3.57. The molecule has 3 nitrogen and oxygen atoms in total. The molecule has 3 aromatic heterocycles. The maximum atomic E-state index is 4.31. The lowest BCUT2D eigenvalue weighted by atomic mass is 10.1. The van der Waals surface area contributed by atoms with E-state index >= 15 is 0 Å². The molecular weight excluding hydrogens is 254 g/mol. The Morgan fingerprint density at radius 1 is 1.32 bits per heavy atom. The van der Waals surface area contributed by atoms with Gasteiger partial charge in [-0.15, -0.1) is 11.3 Å². The maximum Gasteiger partial charge on any atom is 0.138 e. The predicted octanol–water partition coefficient (Wildman–Crippen LogP) is 4.19. The van der Waals surface area contributed by atoms with Crippen molar-refractivity contribution < 1.29 is 0 Å². The smallest absolute Gasteiger partial charge is 0.138 e. The molecular formula is C15H17N3S. The van der Waals surface area contributed by atoms with Gasteiger partial charge in [0.1, 0.15) is 11.5 Å². The van der Waals surface area contributed by atoms with E-state index in [0.717, 1.165) is 11.5 Å². The molecule has 0 aromatic carbocycles. The molecule has 3 heterocycles. The van der Waals surface area contributed by atoms with E-state index in [1.165, 1.54) is 15.3 Å². The number of hydrogen-bond donors (Lipinski definition) is 1. The van der Waals surface area contributed by atoms with E-state index in [9.17, 15) is 0 Å². The second kappa shape index (κ2) is 4.70. The molecule has 0 saturated heterocycles. The Labute approximate surface area is 116 Å². The molecule has 98 valence electrons. The number of anilines is 1. The zero-order valence-electron chi connectivity index (χ0n) is 11.3. The average molecular weight is 271 g/mol. The third-order valence-electron chi connectivity index (χ3n) is 3.34. The first-order chi connectivity index (χ1) is 9.15. The second-order valence-electron chi connectivity index (χ2n) is 4.80. The fourth-order valence-electron chi connectivity index (χ4n) is 2.45. The highest BCUT2D eigenvalue weighted by molar-refractivity contribution is 7.12. The molecule has 19 heavy (non-hydrogen) atoms. The lowest BCUT2D eigenvalue weighted by Crippen LogP contribution is -2.09. The highest BCUT2D eigenvalue weighted by atomic mass is 32.1. The molecule has 1 N–H and O–H groups in total. The molecule has 0 fully saturated rings. The fraction of sp³-hybridized carbons (Fsp3) is 0.267. The summed E-state index contributed by atoms with van der Waals surface area (Å²) in [4.78, 5) is 7.05. The summed E-state index contributed by atoms with van der Waals surface area (Å²) in [6.07, 6.45) is 3.81. The van der Waals surface area contributed by atoms with Crippen molar-refractivity contribution in [3.63, 3.8) is 0 Å². The number of aromatic nitrogens is 2. The van der Waals surface area contributed by atoms with Crippen LogP contribution in [-0.4, -0.2) is 9.38 Å². The average Bonchev–Trinajstić information content (AvgIpc) is 2.96. The van der Waals surface area contributed by atoms with Gasteiger partial charge in [0.25, 0.3) is 0 Å². The van der Waals surface area contributed by atoms with Crippen LogP contribution in [0.5, 0.6) is 0 Å². The van der Waals surface area contributed by atoms with Crippen LogP contribution >= 0.6 is 11.3 Å². The van der Waals surface area contributed by atoms with Gasteiger partial charge in [0.15, 0.2) is 0 Å². The number of aryl methyl sites for hydroxylation is 2. The number of rotatable bonds is 3. The second-order valence-corrected chi connectivity index (χ2v) is 6.26. The third kappa shape index (κ3) is 2.24. The topological polar surface area (TPSA) is 29.3 Å². The fourth-order valence-corrected chi connectivity index (χ4v) is 3.47. The Morgan fingerprint density at radius 3 is 2.89 bits per heavy atom. The minimum Gasteiger partial charge on any atom is -0.365 e. The molecule has 0 aliphatic heterocycles. The molecule has 0 amide bonds. The Bertz CT molecular complexity index is 711. The molecule has 0 aliphatic carbocycles. The maximum absolute atomic E-state index is 4.31. The quantitative estimate of drug-likeness (QED) is 0.774. The number of pyridine rings is 1. The van der Waals surface area contributed by atoms with E-state index in [1.807, 2.05) is 35.9 Å². The highest BCUT2D eigenvalue weighted by Gasteiger charge is 2.12. The lowest BCUT2D eigenvalue weighted by molar-refractivity contribution is 0.866. The van der Waals surface area contributed by atoms with Gasteiger partial charge in [-0.1, -0.05) is 6.07 Å². The minimum atomic E-state index is 0.290. The Kier molecular flexibility index (Phi) is 3.03. The Hall–Kier alpha value is -1.81. The van der Waals surface area contributed by atoms with Gasteiger partial charge in [-0.05, 0) is 44.5 Å². The molecule has 0 aliphatic rings. The van der Waals surface area contributed by atoms with E-state index in [2.05, 4.69) is 47.6 Å². The normalized spacial score (nSPS) is 12.8. The molecule has 0 saturated carbocycles. The van der Waals surface area contributed by atoms with Crippen LogP contribution < -0.4 is 5.32 Å². The summed E-state index contributed by atoms with van der Waals surface area (Å²) in [6, 6.07) is 8.68. The molecule has 4 heteroatoms. The highest BCUT2D eigenvalue weighted by Crippen LogP contribution is 2.28. The monoisotopic (exact) mass is 271 g/mol. The van der Waals surface area contributed by atoms with Gasteiger partial charge in [-0.25, -0.2) is 4.98 Å².